The molecule has 0 bridgehead atoms. The largest absolute Gasteiger partial charge is 0.417 e. The number of piperidine rings is 1. The first-order valence-corrected chi connectivity index (χ1v) is 8.20. The fraction of sp³-hybridized carbons (Fsp3) is 0.467. The zero-order valence-corrected chi connectivity index (χ0v) is 13.4. The fourth-order valence-electron chi connectivity index (χ4n) is 2.60. The van der Waals surface area contributed by atoms with Crippen LogP contribution in [0.3, 0.4) is 0 Å². The fourth-order valence-corrected chi connectivity index (χ4v) is 3.51. The van der Waals surface area contributed by atoms with Gasteiger partial charge in [0.1, 0.15) is 10.8 Å². The third-order valence-electron chi connectivity index (χ3n) is 4.14. The van der Waals surface area contributed by atoms with E-state index in [2.05, 4.69) is 10.2 Å². The third kappa shape index (κ3) is 3.36. The molecule has 0 radical (unpaired) electrons. The number of benzene rings is 1. The van der Waals surface area contributed by atoms with Gasteiger partial charge in [0, 0.05) is 32.4 Å². The van der Waals surface area contributed by atoms with Crippen LogP contribution in [0.5, 0.6) is 0 Å². The van der Waals surface area contributed by atoms with Crippen LogP contribution in [0.1, 0.15) is 23.4 Å². The summed E-state index contributed by atoms with van der Waals surface area (Å²) in [5.41, 5.74) is -2.14. The minimum Gasteiger partial charge on any atom is -0.380 e. The molecule has 0 amide bonds. The number of hydrogen-bond donors (Lipinski definition) is 1. The van der Waals surface area contributed by atoms with E-state index in [4.69, 9.17) is 0 Å². The summed E-state index contributed by atoms with van der Waals surface area (Å²) in [6.07, 6.45) is -5.15. The number of aromatic nitrogens is 2. The highest BCUT2D eigenvalue weighted by molar-refractivity contribution is 7.15. The van der Waals surface area contributed by atoms with Gasteiger partial charge in [-0.1, -0.05) is 29.5 Å². The number of halogens is 4. The quantitative estimate of drug-likeness (QED) is 0.854. The molecular formula is C15H15F4N3OS. The van der Waals surface area contributed by atoms with Crippen molar-refractivity contribution in [1.82, 2.24) is 10.2 Å². The molecule has 1 aliphatic heterocycles. The first-order valence-electron chi connectivity index (χ1n) is 7.38. The minimum atomic E-state index is -4.63. The van der Waals surface area contributed by atoms with Crippen molar-refractivity contribution in [3.8, 4) is 0 Å². The maximum absolute atomic E-state index is 13.6. The number of aliphatic hydroxyl groups is 1. The van der Waals surface area contributed by atoms with E-state index < -0.39 is 24.6 Å². The van der Waals surface area contributed by atoms with E-state index in [0.29, 0.717) is 15.7 Å². The predicted molar refractivity (Wildman–Crippen MR) is 81.6 cm³/mol. The summed E-state index contributed by atoms with van der Waals surface area (Å²) in [5, 5.41) is 18.7. The Hall–Kier alpha value is -1.74. The van der Waals surface area contributed by atoms with E-state index in [1.165, 1.54) is 17.4 Å². The van der Waals surface area contributed by atoms with Crippen molar-refractivity contribution in [2.24, 2.45) is 0 Å². The summed E-state index contributed by atoms with van der Waals surface area (Å²) >= 11 is 1.22. The lowest BCUT2D eigenvalue weighted by atomic mass is 9.91. The third-order valence-corrected chi connectivity index (χ3v) is 5.13. The maximum Gasteiger partial charge on any atom is 0.417 e. The normalized spacial score (nSPS) is 18.0. The molecule has 1 aliphatic rings. The summed E-state index contributed by atoms with van der Waals surface area (Å²) in [7, 11) is 0. The Morgan fingerprint density at radius 3 is 2.46 bits per heavy atom. The van der Waals surface area contributed by atoms with E-state index in [1.54, 1.807) is 23.1 Å². The first-order chi connectivity index (χ1) is 11.3. The minimum absolute atomic E-state index is 0.0460. The van der Waals surface area contributed by atoms with E-state index in [9.17, 15) is 22.7 Å². The molecular weight excluding hydrogens is 346 g/mol. The molecule has 0 saturated carbocycles. The van der Waals surface area contributed by atoms with Crippen molar-refractivity contribution in [2.45, 2.75) is 31.0 Å². The average Bonchev–Trinajstić information content (AvgIpc) is 2.98. The van der Waals surface area contributed by atoms with E-state index in [0.717, 1.165) is 0 Å². The summed E-state index contributed by atoms with van der Waals surface area (Å²) in [5.74, 6) is -0.331. The maximum atomic E-state index is 13.6. The SMILES string of the molecule is OC1(C(F)(F)F)CCN(c2nnc(Cc3ccccc3F)s2)CC1. The van der Waals surface area contributed by atoms with Gasteiger partial charge in [-0.2, -0.15) is 13.2 Å². The van der Waals surface area contributed by atoms with Crippen LogP contribution in [0.25, 0.3) is 0 Å². The smallest absolute Gasteiger partial charge is 0.380 e. The second-order valence-electron chi connectivity index (χ2n) is 5.76. The van der Waals surface area contributed by atoms with Crippen molar-refractivity contribution < 1.29 is 22.7 Å². The average molecular weight is 361 g/mol. The van der Waals surface area contributed by atoms with Gasteiger partial charge < -0.3 is 10.0 Å². The molecule has 9 heteroatoms. The molecule has 0 spiro atoms. The van der Waals surface area contributed by atoms with Crippen LogP contribution >= 0.6 is 11.3 Å². The van der Waals surface area contributed by atoms with E-state index >= 15 is 0 Å². The van der Waals surface area contributed by atoms with Gasteiger partial charge in [-0.15, -0.1) is 10.2 Å². The van der Waals surface area contributed by atoms with Crippen LogP contribution in [-0.4, -0.2) is 40.2 Å². The Morgan fingerprint density at radius 2 is 1.83 bits per heavy atom. The standard InChI is InChI=1S/C15H15F4N3OS/c16-11-4-2-1-3-10(11)9-12-20-21-13(24-12)22-7-5-14(23,6-8-22)15(17,18)19/h1-4,23H,5-9H2. The van der Waals surface area contributed by atoms with Gasteiger partial charge in [0.2, 0.25) is 5.13 Å². The van der Waals surface area contributed by atoms with Crippen molar-refractivity contribution in [3.63, 3.8) is 0 Å². The lowest BCUT2D eigenvalue weighted by Gasteiger charge is -2.38. The Balaban J connectivity index is 1.66. The molecule has 4 nitrogen and oxygen atoms in total. The Bertz CT molecular complexity index is 711. The zero-order valence-electron chi connectivity index (χ0n) is 12.6. The molecule has 24 heavy (non-hydrogen) atoms. The van der Waals surface area contributed by atoms with Crippen LogP contribution in [0.15, 0.2) is 24.3 Å². The highest BCUT2D eigenvalue weighted by Crippen LogP contribution is 2.39. The summed E-state index contributed by atoms with van der Waals surface area (Å²) < 4.78 is 52.1. The highest BCUT2D eigenvalue weighted by atomic mass is 32.1. The van der Waals surface area contributed by atoms with Crippen molar-refractivity contribution in [1.29, 1.82) is 0 Å². The molecule has 1 aromatic carbocycles. The molecule has 0 unspecified atom stereocenters. The van der Waals surface area contributed by atoms with Crippen LogP contribution in [0, 0.1) is 5.82 Å². The summed E-state index contributed by atoms with van der Waals surface area (Å²) in [6, 6.07) is 6.34. The lowest BCUT2D eigenvalue weighted by Crippen LogP contribution is -2.53. The Kier molecular flexibility index (Phi) is 4.48. The number of alkyl halides is 3. The van der Waals surface area contributed by atoms with Crippen molar-refractivity contribution >= 4 is 16.5 Å². The topological polar surface area (TPSA) is 49.2 Å². The molecule has 2 aromatic rings. The second-order valence-corrected chi connectivity index (χ2v) is 6.80. The van der Waals surface area contributed by atoms with Crippen molar-refractivity contribution in [2.75, 3.05) is 18.0 Å². The molecule has 1 saturated heterocycles. The zero-order chi connectivity index (χ0) is 17.4. The van der Waals surface area contributed by atoms with Crippen molar-refractivity contribution in [3.05, 3.63) is 40.7 Å². The molecule has 2 heterocycles. The molecule has 1 aromatic heterocycles. The number of hydrogen-bond acceptors (Lipinski definition) is 5. The second kappa shape index (κ2) is 6.29. The molecule has 3 rings (SSSR count). The Labute approximate surface area is 139 Å². The van der Waals surface area contributed by atoms with Gasteiger partial charge in [-0.05, 0) is 11.6 Å². The van der Waals surface area contributed by atoms with Gasteiger partial charge in [0.05, 0.1) is 0 Å². The predicted octanol–water partition coefficient (Wildman–Crippen LogP) is 3.16. The number of anilines is 1. The number of rotatable bonds is 3. The number of nitrogens with zero attached hydrogens (tertiary/aromatic N) is 3. The first kappa shape index (κ1) is 17.1. The van der Waals surface area contributed by atoms with E-state index in [-0.39, 0.29) is 25.3 Å². The van der Waals surface area contributed by atoms with E-state index in [1.807, 2.05) is 0 Å². The van der Waals surface area contributed by atoms with Crippen LogP contribution < -0.4 is 4.90 Å². The summed E-state index contributed by atoms with van der Waals surface area (Å²) in [6.45, 7) is 0.0919. The van der Waals surface area contributed by atoms with Crippen LogP contribution in [0.4, 0.5) is 22.7 Å². The molecule has 1 N–H and O–H groups in total. The summed E-state index contributed by atoms with van der Waals surface area (Å²) in [4.78, 5) is 1.67. The monoisotopic (exact) mass is 361 g/mol. The molecule has 130 valence electrons. The van der Waals surface area contributed by atoms with Gasteiger partial charge in [0.25, 0.3) is 0 Å². The van der Waals surface area contributed by atoms with Gasteiger partial charge in [0.15, 0.2) is 5.60 Å². The van der Waals surface area contributed by atoms with Gasteiger partial charge in [-0.25, -0.2) is 4.39 Å². The molecule has 0 aliphatic carbocycles. The lowest BCUT2D eigenvalue weighted by molar-refractivity contribution is -0.266. The van der Waals surface area contributed by atoms with Crippen LogP contribution in [0.2, 0.25) is 0 Å². The van der Waals surface area contributed by atoms with Gasteiger partial charge in [-0.3, -0.25) is 0 Å². The van der Waals surface area contributed by atoms with Gasteiger partial charge >= 0.3 is 6.18 Å². The highest BCUT2D eigenvalue weighted by Gasteiger charge is 2.54. The Morgan fingerprint density at radius 1 is 1.17 bits per heavy atom. The molecule has 1 fully saturated rings. The van der Waals surface area contributed by atoms with Crippen LogP contribution in [-0.2, 0) is 6.42 Å². The molecule has 0 atom stereocenters.